The maximum Gasteiger partial charge on any atom is 0.265 e. The lowest BCUT2D eigenvalue weighted by Crippen LogP contribution is -2.10. The Morgan fingerprint density at radius 1 is 1.00 bits per heavy atom. The van der Waals surface area contributed by atoms with E-state index in [2.05, 4.69) is 20.8 Å². The van der Waals surface area contributed by atoms with Crippen molar-refractivity contribution >= 4 is 17.4 Å². The number of nitrogens with two attached hydrogens (primary N) is 1. The van der Waals surface area contributed by atoms with Gasteiger partial charge in [0.2, 0.25) is 0 Å². The molecule has 4 heteroatoms. The SMILES string of the molecule is CC(C)(C)c1ccc(Sc2ccc(N)cc2C(F)F)cc1. The molecule has 112 valence electrons. The number of nitrogen functional groups attached to an aromatic ring is 1. The van der Waals surface area contributed by atoms with Gasteiger partial charge in [0.1, 0.15) is 0 Å². The normalized spacial score (nSPS) is 11.9. The third-order valence-electron chi connectivity index (χ3n) is 3.22. The van der Waals surface area contributed by atoms with Gasteiger partial charge in [-0.05, 0) is 41.3 Å². The zero-order chi connectivity index (χ0) is 15.6. The Morgan fingerprint density at radius 2 is 1.62 bits per heavy atom. The van der Waals surface area contributed by atoms with E-state index >= 15 is 0 Å². The molecule has 0 heterocycles. The van der Waals surface area contributed by atoms with Gasteiger partial charge in [0.25, 0.3) is 6.43 Å². The van der Waals surface area contributed by atoms with Crippen LogP contribution >= 0.6 is 11.8 Å². The molecule has 2 aromatic carbocycles. The van der Waals surface area contributed by atoms with E-state index in [1.54, 1.807) is 12.1 Å². The molecule has 0 amide bonds. The molecule has 0 saturated heterocycles. The quantitative estimate of drug-likeness (QED) is 0.741. The van der Waals surface area contributed by atoms with E-state index in [1.165, 1.54) is 23.4 Å². The monoisotopic (exact) mass is 307 g/mol. The summed E-state index contributed by atoms with van der Waals surface area (Å²) in [5.74, 6) is 0. The summed E-state index contributed by atoms with van der Waals surface area (Å²) in [4.78, 5) is 1.48. The number of benzene rings is 2. The highest BCUT2D eigenvalue weighted by Crippen LogP contribution is 2.37. The smallest absolute Gasteiger partial charge is 0.265 e. The fourth-order valence-electron chi connectivity index (χ4n) is 1.98. The van der Waals surface area contributed by atoms with Crippen LogP contribution in [-0.4, -0.2) is 0 Å². The Morgan fingerprint density at radius 3 is 2.14 bits per heavy atom. The van der Waals surface area contributed by atoms with Gasteiger partial charge in [-0.15, -0.1) is 0 Å². The van der Waals surface area contributed by atoms with Gasteiger partial charge in [0, 0.05) is 21.0 Å². The van der Waals surface area contributed by atoms with E-state index < -0.39 is 6.43 Å². The van der Waals surface area contributed by atoms with Crippen LogP contribution in [0.5, 0.6) is 0 Å². The molecule has 0 unspecified atom stereocenters. The van der Waals surface area contributed by atoms with Crippen LogP contribution in [0.1, 0.15) is 38.3 Å². The predicted octanol–water partition coefficient (Wildman–Crippen LogP) is 5.66. The first-order chi connectivity index (χ1) is 9.77. The molecule has 0 aliphatic heterocycles. The van der Waals surface area contributed by atoms with Gasteiger partial charge in [-0.2, -0.15) is 0 Å². The topological polar surface area (TPSA) is 26.0 Å². The lowest BCUT2D eigenvalue weighted by Gasteiger charge is -2.19. The van der Waals surface area contributed by atoms with Crippen molar-refractivity contribution in [1.29, 1.82) is 0 Å². The number of halogens is 2. The fraction of sp³-hybridized carbons (Fsp3) is 0.294. The first-order valence-electron chi connectivity index (χ1n) is 6.73. The van der Waals surface area contributed by atoms with Crippen molar-refractivity contribution in [3.63, 3.8) is 0 Å². The minimum absolute atomic E-state index is 0.0140. The minimum atomic E-state index is -2.52. The van der Waals surface area contributed by atoms with Gasteiger partial charge in [0.05, 0.1) is 0 Å². The van der Waals surface area contributed by atoms with Crippen molar-refractivity contribution in [2.75, 3.05) is 5.73 Å². The van der Waals surface area contributed by atoms with Crippen LogP contribution in [-0.2, 0) is 5.41 Å². The summed E-state index contributed by atoms with van der Waals surface area (Å²) in [5.41, 5.74) is 7.23. The van der Waals surface area contributed by atoms with Crippen LogP contribution in [0.15, 0.2) is 52.3 Å². The Kier molecular flexibility index (Phi) is 4.57. The van der Waals surface area contributed by atoms with Gasteiger partial charge < -0.3 is 5.73 Å². The van der Waals surface area contributed by atoms with Crippen molar-refractivity contribution in [2.24, 2.45) is 0 Å². The predicted molar refractivity (Wildman–Crippen MR) is 85.1 cm³/mol. The molecule has 0 aromatic heterocycles. The van der Waals surface area contributed by atoms with Gasteiger partial charge >= 0.3 is 0 Å². The number of hydrogen-bond acceptors (Lipinski definition) is 2. The molecule has 0 saturated carbocycles. The third-order valence-corrected chi connectivity index (χ3v) is 4.32. The van der Waals surface area contributed by atoms with E-state index in [0.717, 1.165) is 4.90 Å². The largest absolute Gasteiger partial charge is 0.399 e. The molecule has 0 fully saturated rings. The molecule has 0 aliphatic rings. The van der Waals surface area contributed by atoms with Crippen molar-refractivity contribution in [2.45, 2.75) is 42.4 Å². The maximum absolute atomic E-state index is 13.1. The second-order valence-electron chi connectivity index (χ2n) is 5.97. The van der Waals surface area contributed by atoms with E-state index in [-0.39, 0.29) is 11.0 Å². The summed E-state index contributed by atoms with van der Waals surface area (Å²) in [6.45, 7) is 6.43. The number of anilines is 1. The fourth-order valence-corrected chi connectivity index (χ4v) is 2.91. The molecule has 0 bridgehead atoms. The summed E-state index contributed by atoms with van der Waals surface area (Å²) >= 11 is 1.34. The Bertz CT molecular complexity index is 616. The molecule has 0 spiro atoms. The molecule has 0 aliphatic carbocycles. The molecule has 2 rings (SSSR count). The van der Waals surface area contributed by atoms with Crippen molar-refractivity contribution in [3.8, 4) is 0 Å². The second-order valence-corrected chi connectivity index (χ2v) is 7.09. The van der Waals surface area contributed by atoms with E-state index in [9.17, 15) is 8.78 Å². The molecule has 0 radical (unpaired) electrons. The lowest BCUT2D eigenvalue weighted by molar-refractivity contribution is 0.148. The Hall–Kier alpha value is -1.55. The molecule has 2 N–H and O–H groups in total. The van der Waals surface area contributed by atoms with Gasteiger partial charge in [-0.25, -0.2) is 8.78 Å². The highest BCUT2D eigenvalue weighted by molar-refractivity contribution is 7.99. The highest BCUT2D eigenvalue weighted by Gasteiger charge is 2.16. The first kappa shape index (κ1) is 15.8. The van der Waals surface area contributed by atoms with Gasteiger partial charge in [-0.1, -0.05) is 44.7 Å². The van der Waals surface area contributed by atoms with Crippen LogP contribution in [0.4, 0.5) is 14.5 Å². The van der Waals surface area contributed by atoms with E-state index in [0.29, 0.717) is 10.6 Å². The molecule has 21 heavy (non-hydrogen) atoms. The third kappa shape index (κ3) is 3.97. The van der Waals surface area contributed by atoms with Gasteiger partial charge in [0.15, 0.2) is 0 Å². The Labute approximate surface area is 128 Å². The highest BCUT2D eigenvalue weighted by atomic mass is 32.2. The molecular weight excluding hydrogens is 288 g/mol. The summed E-state index contributed by atoms with van der Waals surface area (Å²) in [6, 6.07) is 12.7. The van der Waals surface area contributed by atoms with Crippen LogP contribution in [0.3, 0.4) is 0 Å². The standard InChI is InChI=1S/C17H19F2NS/c1-17(2,3)11-4-7-13(8-5-11)21-15-9-6-12(20)10-14(15)16(18)19/h4-10,16H,20H2,1-3H3. The average molecular weight is 307 g/mol. The summed E-state index contributed by atoms with van der Waals surface area (Å²) in [7, 11) is 0. The van der Waals surface area contributed by atoms with Crippen molar-refractivity contribution in [3.05, 3.63) is 53.6 Å². The lowest BCUT2D eigenvalue weighted by atomic mass is 9.87. The van der Waals surface area contributed by atoms with Crippen molar-refractivity contribution in [1.82, 2.24) is 0 Å². The number of hydrogen-bond donors (Lipinski definition) is 1. The summed E-state index contributed by atoms with van der Waals surface area (Å²) in [6.07, 6.45) is -2.52. The first-order valence-corrected chi connectivity index (χ1v) is 7.55. The zero-order valence-corrected chi connectivity index (χ0v) is 13.2. The van der Waals surface area contributed by atoms with E-state index in [4.69, 9.17) is 5.73 Å². The minimum Gasteiger partial charge on any atom is -0.399 e. The van der Waals surface area contributed by atoms with Crippen LogP contribution in [0, 0.1) is 0 Å². The molecular formula is C17H19F2NS. The zero-order valence-electron chi connectivity index (χ0n) is 12.4. The molecule has 0 atom stereocenters. The Balaban J connectivity index is 2.26. The average Bonchev–Trinajstić information content (AvgIpc) is 2.40. The van der Waals surface area contributed by atoms with Crippen LogP contribution in [0.2, 0.25) is 0 Å². The number of rotatable bonds is 3. The van der Waals surface area contributed by atoms with Crippen LogP contribution in [0.25, 0.3) is 0 Å². The molecule has 1 nitrogen and oxygen atoms in total. The van der Waals surface area contributed by atoms with Gasteiger partial charge in [-0.3, -0.25) is 0 Å². The summed E-state index contributed by atoms with van der Waals surface area (Å²) < 4.78 is 26.1. The summed E-state index contributed by atoms with van der Waals surface area (Å²) in [5, 5.41) is 0. The van der Waals surface area contributed by atoms with Crippen LogP contribution < -0.4 is 5.73 Å². The number of alkyl halides is 2. The second kappa shape index (κ2) is 6.06. The van der Waals surface area contributed by atoms with Crippen molar-refractivity contribution < 1.29 is 8.78 Å². The molecule has 2 aromatic rings. The maximum atomic E-state index is 13.1. The van der Waals surface area contributed by atoms with E-state index in [1.807, 2.05) is 24.3 Å².